The molecule has 12 heteroatoms. The molecular weight excluding hydrogens is 426 g/mol. The average Bonchev–Trinajstić information content (AvgIpc) is 2.71. The van der Waals surface area contributed by atoms with Crippen LogP contribution in [0.4, 0.5) is 4.79 Å². The molecule has 3 amide bonds. The molecule has 6 N–H and O–H groups in total. The highest BCUT2D eigenvalue weighted by atomic mass is 16.4. The Balaban J connectivity index is 4.15. The molecular formula is C20H33N3O9. The quantitative estimate of drug-likeness (QED) is 0.120. The molecule has 0 saturated carbocycles. The topological polar surface area (TPSA) is 199 Å². The maximum absolute atomic E-state index is 11.9. The van der Waals surface area contributed by atoms with Crippen molar-refractivity contribution in [1.82, 2.24) is 16.0 Å². The molecule has 12 nitrogen and oxygen atoms in total. The van der Waals surface area contributed by atoms with Gasteiger partial charge < -0.3 is 36.1 Å². The predicted molar refractivity (Wildman–Crippen MR) is 112 cm³/mol. The predicted octanol–water partition coefficient (Wildman–Crippen LogP) is 0.883. The van der Waals surface area contributed by atoms with Gasteiger partial charge in [0.2, 0.25) is 5.91 Å². The minimum absolute atomic E-state index is 0.0716. The summed E-state index contributed by atoms with van der Waals surface area (Å²) in [6, 6.07) is -3.73. The lowest BCUT2D eigenvalue weighted by atomic mass is 10.1. The second kappa shape index (κ2) is 17.5. The normalized spacial score (nSPS) is 12.2. The number of nitrogens with one attached hydrogen (secondary N) is 3. The summed E-state index contributed by atoms with van der Waals surface area (Å²) in [7, 11) is 0. The van der Waals surface area contributed by atoms with Crippen molar-refractivity contribution in [3.63, 3.8) is 0 Å². The fourth-order valence-electron chi connectivity index (χ4n) is 2.80. The minimum atomic E-state index is -1.46. The maximum atomic E-state index is 11.9. The summed E-state index contributed by atoms with van der Waals surface area (Å²) in [4.78, 5) is 66.8. The van der Waals surface area contributed by atoms with E-state index in [0.717, 1.165) is 32.0 Å². The van der Waals surface area contributed by atoms with Gasteiger partial charge in [-0.2, -0.15) is 0 Å². The first-order valence-corrected chi connectivity index (χ1v) is 10.6. The maximum Gasteiger partial charge on any atom is 0.326 e. The average molecular weight is 459 g/mol. The van der Waals surface area contributed by atoms with Gasteiger partial charge in [-0.25, -0.2) is 14.4 Å². The van der Waals surface area contributed by atoms with Crippen LogP contribution in [0.15, 0.2) is 0 Å². The Bertz CT molecular complexity index is 640. The van der Waals surface area contributed by atoms with Gasteiger partial charge in [0.05, 0.1) is 0 Å². The molecule has 0 radical (unpaired) electrons. The van der Waals surface area contributed by atoms with Crippen molar-refractivity contribution in [3.05, 3.63) is 0 Å². The van der Waals surface area contributed by atoms with Crippen molar-refractivity contribution in [1.29, 1.82) is 0 Å². The Hall–Kier alpha value is -3.18. The molecule has 0 heterocycles. The smallest absolute Gasteiger partial charge is 0.326 e. The Morgan fingerprint density at radius 2 is 1.31 bits per heavy atom. The number of urea groups is 1. The Morgan fingerprint density at radius 3 is 1.88 bits per heavy atom. The van der Waals surface area contributed by atoms with Gasteiger partial charge in [0.15, 0.2) is 0 Å². The summed E-state index contributed by atoms with van der Waals surface area (Å²) in [6.45, 7) is 0.360. The molecule has 2 atom stereocenters. The Labute approximate surface area is 186 Å². The lowest BCUT2D eigenvalue weighted by molar-refractivity contribution is -0.141. The van der Waals surface area contributed by atoms with Crippen LogP contribution < -0.4 is 16.0 Å². The highest BCUT2D eigenvalue weighted by molar-refractivity contribution is 5.86. The second-order valence-corrected chi connectivity index (χ2v) is 7.30. The molecule has 0 aliphatic rings. The summed E-state index contributed by atoms with van der Waals surface area (Å²) in [5.41, 5.74) is 0. The van der Waals surface area contributed by atoms with Crippen molar-refractivity contribution in [2.24, 2.45) is 0 Å². The van der Waals surface area contributed by atoms with Gasteiger partial charge in [-0.3, -0.25) is 9.59 Å². The molecule has 0 fully saturated rings. The first-order valence-electron chi connectivity index (χ1n) is 10.6. The molecule has 0 bridgehead atoms. The molecule has 0 aliphatic carbocycles. The Kier molecular flexibility index (Phi) is 15.8. The fraction of sp³-hybridized carbons (Fsp3) is 0.700. The number of unbranched alkanes of at least 4 members (excludes halogenated alkanes) is 5. The van der Waals surface area contributed by atoms with Gasteiger partial charge in [-0.15, -0.1) is 0 Å². The standard InChI is InChI=1S/C20H33N3O9/c24-13-7-3-1-2-4-9-16(25)21-12-6-5-8-14(18(28)29)22-20(32)23-15(19(30)31)10-11-17(26)27/h13-15H,1-12H2,(H,21,25)(H,26,27)(H,28,29)(H,30,31)(H2,22,23,32)/t14-,15-/m0/s1. The van der Waals surface area contributed by atoms with E-state index in [9.17, 15) is 33.9 Å². The first kappa shape index (κ1) is 28.8. The largest absolute Gasteiger partial charge is 0.481 e. The second-order valence-electron chi connectivity index (χ2n) is 7.30. The lowest BCUT2D eigenvalue weighted by Crippen LogP contribution is -2.51. The number of hydrogen-bond acceptors (Lipinski definition) is 6. The molecule has 0 unspecified atom stereocenters. The van der Waals surface area contributed by atoms with Crippen LogP contribution in [0.3, 0.4) is 0 Å². The highest BCUT2D eigenvalue weighted by Gasteiger charge is 2.24. The van der Waals surface area contributed by atoms with Crippen molar-refractivity contribution in [2.45, 2.75) is 82.7 Å². The highest BCUT2D eigenvalue weighted by Crippen LogP contribution is 2.05. The number of carbonyl (C=O) groups is 6. The van der Waals surface area contributed by atoms with Gasteiger partial charge in [0, 0.05) is 25.8 Å². The SMILES string of the molecule is O=CCCCCCCC(=O)NCCCC[C@H](NC(=O)N[C@@H](CCC(=O)O)C(=O)O)C(=O)O. The van der Waals surface area contributed by atoms with E-state index in [-0.39, 0.29) is 18.7 Å². The van der Waals surface area contributed by atoms with E-state index in [0.29, 0.717) is 32.2 Å². The number of carboxylic acid groups (broad SMARTS) is 3. The van der Waals surface area contributed by atoms with Crippen LogP contribution in [0.25, 0.3) is 0 Å². The fourth-order valence-corrected chi connectivity index (χ4v) is 2.80. The van der Waals surface area contributed by atoms with Gasteiger partial charge in [0.25, 0.3) is 0 Å². The third-order valence-corrected chi connectivity index (χ3v) is 4.57. The zero-order valence-electron chi connectivity index (χ0n) is 18.0. The van der Waals surface area contributed by atoms with Crippen LogP contribution in [0, 0.1) is 0 Å². The summed E-state index contributed by atoms with van der Waals surface area (Å²) < 4.78 is 0. The van der Waals surface area contributed by atoms with Crippen molar-refractivity contribution >= 4 is 36.1 Å². The molecule has 0 spiro atoms. The van der Waals surface area contributed by atoms with Gasteiger partial charge >= 0.3 is 23.9 Å². The summed E-state index contributed by atoms with van der Waals surface area (Å²) in [5.74, 6) is -4.04. The van der Waals surface area contributed by atoms with E-state index in [2.05, 4.69) is 16.0 Å². The van der Waals surface area contributed by atoms with E-state index >= 15 is 0 Å². The van der Waals surface area contributed by atoms with Gasteiger partial charge in [-0.1, -0.05) is 12.8 Å². The monoisotopic (exact) mass is 459 g/mol. The number of hydrogen-bond donors (Lipinski definition) is 6. The first-order chi connectivity index (χ1) is 15.2. The van der Waals surface area contributed by atoms with Crippen LogP contribution in [0.1, 0.15) is 70.6 Å². The lowest BCUT2D eigenvalue weighted by Gasteiger charge is -2.18. The van der Waals surface area contributed by atoms with Crippen molar-refractivity contribution < 1.29 is 44.1 Å². The molecule has 182 valence electrons. The van der Waals surface area contributed by atoms with Crippen LogP contribution in [-0.4, -0.2) is 70.1 Å². The molecule has 0 aromatic heterocycles. The van der Waals surface area contributed by atoms with E-state index in [1.807, 2.05) is 0 Å². The molecule has 0 saturated heterocycles. The zero-order valence-corrected chi connectivity index (χ0v) is 18.0. The number of aliphatic carboxylic acids is 3. The van der Waals surface area contributed by atoms with Crippen LogP contribution in [-0.2, 0) is 24.0 Å². The van der Waals surface area contributed by atoms with Gasteiger partial charge in [-0.05, 0) is 38.5 Å². The number of amides is 3. The molecule has 0 rings (SSSR count). The molecule has 0 aromatic rings. The summed E-state index contributed by atoms with van der Waals surface area (Å²) in [6.07, 6.45) is 5.26. The number of carboxylic acids is 3. The van der Waals surface area contributed by atoms with Crippen LogP contribution in [0.2, 0.25) is 0 Å². The van der Waals surface area contributed by atoms with Crippen molar-refractivity contribution in [3.8, 4) is 0 Å². The van der Waals surface area contributed by atoms with E-state index in [4.69, 9.17) is 10.2 Å². The number of rotatable bonds is 19. The number of carbonyl (C=O) groups excluding carboxylic acids is 3. The number of aldehydes is 1. The third kappa shape index (κ3) is 15.6. The van der Waals surface area contributed by atoms with E-state index in [1.165, 1.54) is 0 Å². The molecule has 32 heavy (non-hydrogen) atoms. The van der Waals surface area contributed by atoms with E-state index in [1.54, 1.807) is 0 Å². The van der Waals surface area contributed by atoms with Crippen LogP contribution in [0.5, 0.6) is 0 Å². The van der Waals surface area contributed by atoms with Crippen LogP contribution >= 0.6 is 0 Å². The summed E-state index contributed by atoms with van der Waals surface area (Å²) >= 11 is 0. The minimum Gasteiger partial charge on any atom is -0.481 e. The molecule has 0 aliphatic heterocycles. The van der Waals surface area contributed by atoms with Gasteiger partial charge in [0.1, 0.15) is 18.4 Å². The zero-order chi connectivity index (χ0) is 24.4. The van der Waals surface area contributed by atoms with Crippen molar-refractivity contribution in [2.75, 3.05) is 6.54 Å². The summed E-state index contributed by atoms with van der Waals surface area (Å²) in [5, 5.41) is 33.8. The third-order valence-electron chi connectivity index (χ3n) is 4.57. The molecule has 0 aromatic carbocycles. The van der Waals surface area contributed by atoms with E-state index < -0.39 is 42.4 Å². The Morgan fingerprint density at radius 1 is 0.719 bits per heavy atom.